The Kier molecular flexibility index (Phi) is 11.1. The molecule has 1 atom stereocenters. The van der Waals surface area contributed by atoms with Crippen LogP contribution in [0.25, 0.3) is 0 Å². The average Bonchev–Trinajstić information content (AvgIpc) is 2.95. The lowest BCUT2D eigenvalue weighted by Gasteiger charge is -2.33. The summed E-state index contributed by atoms with van der Waals surface area (Å²) in [6.07, 6.45) is 0.798. The molecule has 3 aromatic rings. The van der Waals surface area contributed by atoms with E-state index in [-0.39, 0.29) is 34.0 Å². The lowest BCUT2D eigenvalue weighted by atomic mass is 10.1. The zero-order valence-electron chi connectivity index (χ0n) is 22.9. The van der Waals surface area contributed by atoms with Crippen LogP contribution in [-0.2, 0) is 26.0 Å². The predicted molar refractivity (Wildman–Crippen MR) is 156 cm³/mol. The van der Waals surface area contributed by atoms with Crippen molar-refractivity contribution in [2.45, 2.75) is 44.6 Å². The average molecular weight is 588 g/mol. The van der Waals surface area contributed by atoms with E-state index in [2.05, 4.69) is 5.32 Å². The fourth-order valence-electron chi connectivity index (χ4n) is 4.21. The van der Waals surface area contributed by atoms with Crippen LogP contribution in [0, 0.1) is 11.7 Å². The Morgan fingerprint density at radius 3 is 2.17 bits per heavy atom. The normalized spacial score (nSPS) is 12.2. The minimum absolute atomic E-state index is 0.0314. The molecule has 0 radical (unpaired) electrons. The standard InChI is InChI=1S/C30H35ClFN3O4S/c1-4-28(30(37)33-20-22(2)3)34(18-17-23-11-7-5-8-12-23)29(36)21-35(24-15-16-27(32)26(31)19-24)40(38,39)25-13-9-6-10-14-25/h5-16,19,22,28H,4,17-18,20-21H2,1-3H3,(H,33,37)/t28-/m1/s1. The fourth-order valence-corrected chi connectivity index (χ4v) is 5.81. The van der Waals surface area contributed by atoms with Gasteiger partial charge in [0.15, 0.2) is 0 Å². The molecule has 0 aliphatic carbocycles. The highest BCUT2D eigenvalue weighted by Gasteiger charge is 2.33. The Morgan fingerprint density at radius 2 is 1.60 bits per heavy atom. The van der Waals surface area contributed by atoms with Crippen LogP contribution < -0.4 is 9.62 Å². The molecule has 1 N–H and O–H groups in total. The quantitative estimate of drug-likeness (QED) is 0.294. The molecular weight excluding hydrogens is 553 g/mol. The fraction of sp³-hybridized carbons (Fsp3) is 0.333. The smallest absolute Gasteiger partial charge is 0.264 e. The summed E-state index contributed by atoms with van der Waals surface area (Å²) in [5.41, 5.74) is 1.00. The number of nitrogens with zero attached hydrogens (tertiary/aromatic N) is 2. The molecule has 0 fully saturated rings. The van der Waals surface area contributed by atoms with Crippen LogP contribution in [0.4, 0.5) is 10.1 Å². The lowest BCUT2D eigenvalue weighted by Crippen LogP contribution is -2.53. The van der Waals surface area contributed by atoms with Gasteiger partial charge in [-0.2, -0.15) is 0 Å². The van der Waals surface area contributed by atoms with E-state index in [0.717, 1.165) is 15.9 Å². The largest absolute Gasteiger partial charge is 0.354 e. The van der Waals surface area contributed by atoms with Crippen LogP contribution in [0.1, 0.15) is 32.8 Å². The van der Waals surface area contributed by atoms with Gasteiger partial charge in [-0.1, -0.05) is 80.9 Å². The van der Waals surface area contributed by atoms with Crippen LogP contribution in [0.3, 0.4) is 0 Å². The molecule has 0 spiro atoms. The molecule has 0 aliphatic heterocycles. The minimum atomic E-state index is -4.25. The number of hydrogen-bond acceptors (Lipinski definition) is 4. The van der Waals surface area contributed by atoms with Gasteiger partial charge in [-0.15, -0.1) is 0 Å². The summed E-state index contributed by atoms with van der Waals surface area (Å²) in [6, 6.07) is 19.8. The Bertz CT molecular complexity index is 1390. The number of halogens is 2. The lowest BCUT2D eigenvalue weighted by molar-refractivity contribution is -0.139. The molecule has 214 valence electrons. The number of amides is 2. The van der Waals surface area contributed by atoms with E-state index in [1.807, 2.05) is 44.2 Å². The van der Waals surface area contributed by atoms with E-state index >= 15 is 0 Å². The van der Waals surface area contributed by atoms with E-state index in [9.17, 15) is 22.4 Å². The number of anilines is 1. The highest BCUT2D eigenvalue weighted by atomic mass is 35.5. The number of carbonyl (C=O) groups is 2. The summed E-state index contributed by atoms with van der Waals surface area (Å²) in [7, 11) is -4.25. The second-order valence-corrected chi connectivity index (χ2v) is 12.1. The maximum atomic E-state index is 14.0. The molecule has 3 aromatic carbocycles. The second kappa shape index (κ2) is 14.3. The Labute approximate surface area is 241 Å². The summed E-state index contributed by atoms with van der Waals surface area (Å²) in [6.45, 7) is 5.78. The molecule has 7 nitrogen and oxygen atoms in total. The first-order chi connectivity index (χ1) is 19.0. The zero-order valence-corrected chi connectivity index (χ0v) is 24.5. The molecule has 0 saturated heterocycles. The van der Waals surface area contributed by atoms with Gasteiger partial charge >= 0.3 is 0 Å². The Balaban J connectivity index is 2.00. The summed E-state index contributed by atoms with van der Waals surface area (Å²) >= 11 is 6.00. The predicted octanol–water partition coefficient (Wildman–Crippen LogP) is 5.30. The highest BCUT2D eigenvalue weighted by molar-refractivity contribution is 7.92. The summed E-state index contributed by atoms with van der Waals surface area (Å²) in [5.74, 6) is -1.38. The SMILES string of the molecule is CC[C@H](C(=O)NCC(C)C)N(CCc1ccccc1)C(=O)CN(c1ccc(F)c(Cl)c1)S(=O)(=O)c1ccccc1. The summed E-state index contributed by atoms with van der Waals surface area (Å²) < 4.78 is 42.4. The van der Waals surface area contributed by atoms with E-state index in [1.54, 1.807) is 25.1 Å². The Hall–Kier alpha value is -3.43. The monoisotopic (exact) mass is 587 g/mol. The van der Waals surface area contributed by atoms with Crippen molar-refractivity contribution in [3.8, 4) is 0 Å². The van der Waals surface area contributed by atoms with Gasteiger partial charge in [0, 0.05) is 13.1 Å². The molecule has 0 aromatic heterocycles. The topological polar surface area (TPSA) is 86.8 Å². The van der Waals surface area contributed by atoms with Gasteiger partial charge in [-0.3, -0.25) is 13.9 Å². The van der Waals surface area contributed by atoms with Crippen LogP contribution in [-0.4, -0.2) is 50.8 Å². The van der Waals surface area contributed by atoms with Crippen molar-refractivity contribution >= 4 is 39.1 Å². The number of carbonyl (C=O) groups excluding carboxylic acids is 2. The van der Waals surface area contributed by atoms with Crippen molar-refractivity contribution in [2.75, 3.05) is 23.9 Å². The molecular formula is C30H35ClFN3O4S. The van der Waals surface area contributed by atoms with Gasteiger partial charge < -0.3 is 10.2 Å². The van der Waals surface area contributed by atoms with Crippen molar-refractivity contribution in [1.29, 1.82) is 0 Å². The van der Waals surface area contributed by atoms with Gasteiger partial charge in [0.25, 0.3) is 10.0 Å². The molecule has 0 heterocycles. The molecule has 0 aliphatic rings. The molecule has 2 amide bonds. The van der Waals surface area contributed by atoms with Crippen LogP contribution in [0.5, 0.6) is 0 Å². The Morgan fingerprint density at radius 1 is 0.975 bits per heavy atom. The van der Waals surface area contributed by atoms with Crippen molar-refractivity contribution in [3.63, 3.8) is 0 Å². The van der Waals surface area contributed by atoms with Crippen LogP contribution in [0.15, 0.2) is 83.8 Å². The maximum absolute atomic E-state index is 14.0. The maximum Gasteiger partial charge on any atom is 0.264 e. The first-order valence-electron chi connectivity index (χ1n) is 13.2. The molecule has 10 heteroatoms. The third-order valence-electron chi connectivity index (χ3n) is 6.36. The van der Waals surface area contributed by atoms with Crippen LogP contribution >= 0.6 is 11.6 Å². The van der Waals surface area contributed by atoms with E-state index in [4.69, 9.17) is 11.6 Å². The number of sulfonamides is 1. The van der Waals surface area contributed by atoms with Crippen LogP contribution in [0.2, 0.25) is 5.02 Å². The number of rotatable bonds is 13. The third kappa shape index (κ3) is 8.05. The van der Waals surface area contributed by atoms with E-state index in [0.29, 0.717) is 19.4 Å². The first kappa shape index (κ1) is 31.1. The van der Waals surface area contributed by atoms with Crippen molar-refractivity contribution in [1.82, 2.24) is 10.2 Å². The van der Waals surface area contributed by atoms with E-state index in [1.165, 1.54) is 29.2 Å². The molecule has 0 bridgehead atoms. The number of nitrogens with one attached hydrogen (secondary N) is 1. The van der Waals surface area contributed by atoms with Gasteiger partial charge in [-0.05, 0) is 54.7 Å². The number of hydrogen-bond donors (Lipinski definition) is 1. The van der Waals surface area contributed by atoms with Gasteiger partial charge in [-0.25, -0.2) is 12.8 Å². The summed E-state index contributed by atoms with van der Waals surface area (Å²) in [4.78, 5) is 28.5. The first-order valence-corrected chi connectivity index (χ1v) is 15.0. The second-order valence-electron chi connectivity index (χ2n) is 9.81. The van der Waals surface area contributed by atoms with Crippen molar-refractivity contribution in [3.05, 3.63) is 95.3 Å². The molecule has 0 saturated carbocycles. The van der Waals surface area contributed by atoms with Gasteiger partial charge in [0.2, 0.25) is 11.8 Å². The van der Waals surface area contributed by atoms with Crippen molar-refractivity contribution in [2.24, 2.45) is 5.92 Å². The summed E-state index contributed by atoms with van der Waals surface area (Å²) in [5, 5.41) is 2.62. The minimum Gasteiger partial charge on any atom is -0.354 e. The molecule has 3 rings (SSSR count). The van der Waals surface area contributed by atoms with Gasteiger partial charge in [0.1, 0.15) is 18.4 Å². The van der Waals surface area contributed by atoms with Gasteiger partial charge in [0.05, 0.1) is 15.6 Å². The van der Waals surface area contributed by atoms with Crippen molar-refractivity contribution < 1.29 is 22.4 Å². The molecule has 0 unspecified atom stereocenters. The number of benzene rings is 3. The molecule has 40 heavy (non-hydrogen) atoms. The van der Waals surface area contributed by atoms with E-state index < -0.39 is 34.3 Å². The third-order valence-corrected chi connectivity index (χ3v) is 8.43. The zero-order chi connectivity index (χ0) is 29.3. The highest BCUT2D eigenvalue weighted by Crippen LogP contribution is 2.28.